The van der Waals surface area contributed by atoms with Gasteiger partial charge in [-0.1, -0.05) is 18.2 Å². The molecule has 0 fully saturated rings. The third kappa shape index (κ3) is 3.64. The Kier molecular flexibility index (Phi) is 4.65. The molecule has 1 heterocycles. The van der Waals surface area contributed by atoms with Crippen LogP contribution in [0.25, 0.3) is 0 Å². The Morgan fingerprint density at radius 1 is 1.04 bits per heavy atom. The molecule has 1 aliphatic rings. The van der Waals surface area contributed by atoms with E-state index in [-0.39, 0.29) is 35.5 Å². The van der Waals surface area contributed by atoms with Gasteiger partial charge in [0.05, 0.1) is 11.3 Å². The van der Waals surface area contributed by atoms with Gasteiger partial charge in [0.25, 0.3) is 5.91 Å². The van der Waals surface area contributed by atoms with Gasteiger partial charge < -0.3 is 0 Å². The van der Waals surface area contributed by atoms with Gasteiger partial charge in [0.2, 0.25) is 5.95 Å². The normalized spacial score (nSPS) is 15.8. The fraction of sp³-hybridized carbons (Fsp3) is 0.143. The zero-order valence-corrected chi connectivity index (χ0v) is 14.7. The van der Waals surface area contributed by atoms with Gasteiger partial charge in [-0.2, -0.15) is 0 Å². The van der Waals surface area contributed by atoms with Crippen LogP contribution in [-0.2, 0) is 6.42 Å². The van der Waals surface area contributed by atoms with Crippen LogP contribution in [-0.4, -0.2) is 21.7 Å². The molecule has 28 heavy (non-hydrogen) atoms. The van der Waals surface area contributed by atoms with Crippen LogP contribution in [0.1, 0.15) is 44.3 Å². The van der Waals surface area contributed by atoms with E-state index in [2.05, 4.69) is 15.3 Å². The van der Waals surface area contributed by atoms with Crippen molar-refractivity contribution < 1.29 is 18.4 Å². The van der Waals surface area contributed by atoms with Crippen LogP contribution >= 0.6 is 0 Å². The van der Waals surface area contributed by atoms with Gasteiger partial charge in [0.1, 0.15) is 11.6 Å². The van der Waals surface area contributed by atoms with E-state index in [0.29, 0.717) is 17.7 Å². The standard InChI is InChI=1S/C21H15F2N3O2/c22-15-6-4-12(5-7-15)14-9-18-17(19(27)10-14)11-24-21(25-18)26-20(28)13-2-1-3-16(23)8-13/h1-8,11,14H,9-10H2,(H,24,25,26,28)/t14-/m1/s1. The number of carbonyl (C=O) groups is 2. The molecule has 1 N–H and O–H groups in total. The summed E-state index contributed by atoms with van der Waals surface area (Å²) in [5.41, 5.74) is 1.93. The Balaban J connectivity index is 1.57. The summed E-state index contributed by atoms with van der Waals surface area (Å²) in [6, 6.07) is 11.3. The van der Waals surface area contributed by atoms with Crippen molar-refractivity contribution in [1.82, 2.24) is 9.97 Å². The van der Waals surface area contributed by atoms with Crippen LogP contribution in [0, 0.1) is 11.6 Å². The molecule has 4 rings (SSSR count). The van der Waals surface area contributed by atoms with Gasteiger partial charge in [0, 0.05) is 18.2 Å². The minimum atomic E-state index is -0.545. The molecular formula is C21H15F2N3O2. The minimum Gasteiger partial charge on any atom is -0.294 e. The molecule has 7 heteroatoms. The highest BCUT2D eigenvalue weighted by atomic mass is 19.1. The number of halogens is 2. The number of benzene rings is 2. The van der Waals surface area contributed by atoms with E-state index in [1.54, 1.807) is 12.1 Å². The van der Waals surface area contributed by atoms with E-state index in [9.17, 15) is 18.4 Å². The molecule has 1 aromatic heterocycles. The highest BCUT2D eigenvalue weighted by Crippen LogP contribution is 2.32. The Morgan fingerprint density at radius 3 is 2.57 bits per heavy atom. The van der Waals surface area contributed by atoms with Gasteiger partial charge in [0.15, 0.2) is 5.78 Å². The maximum absolute atomic E-state index is 13.3. The molecule has 0 saturated carbocycles. The van der Waals surface area contributed by atoms with E-state index in [1.807, 2.05) is 0 Å². The molecule has 0 spiro atoms. The maximum Gasteiger partial charge on any atom is 0.258 e. The van der Waals surface area contributed by atoms with Crippen molar-refractivity contribution in [3.63, 3.8) is 0 Å². The van der Waals surface area contributed by atoms with E-state index in [0.717, 1.165) is 11.6 Å². The van der Waals surface area contributed by atoms with Crippen LogP contribution in [0.4, 0.5) is 14.7 Å². The number of hydrogen-bond acceptors (Lipinski definition) is 4. The molecule has 0 radical (unpaired) electrons. The third-order valence-corrected chi connectivity index (χ3v) is 4.69. The fourth-order valence-corrected chi connectivity index (χ4v) is 3.28. The quantitative estimate of drug-likeness (QED) is 0.749. The molecule has 1 atom stereocenters. The van der Waals surface area contributed by atoms with Crippen molar-refractivity contribution in [2.24, 2.45) is 0 Å². The number of hydrogen-bond donors (Lipinski definition) is 1. The molecule has 1 amide bonds. The number of nitrogens with one attached hydrogen (secondary N) is 1. The van der Waals surface area contributed by atoms with E-state index in [1.165, 1.54) is 36.5 Å². The number of anilines is 1. The summed E-state index contributed by atoms with van der Waals surface area (Å²) >= 11 is 0. The average molecular weight is 379 g/mol. The number of aromatic nitrogens is 2. The van der Waals surface area contributed by atoms with Crippen LogP contribution in [0.15, 0.2) is 54.7 Å². The fourth-order valence-electron chi connectivity index (χ4n) is 3.28. The lowest BCUT2D eigenvalue weighted by atomic mass is 9.82. The molecule has 5 nitrogen and oxygen atoms in total. The predicted molar refractivity (Wildman–Crippen MR) is 98.2 cm³/mol. The number of rotatable bonds is 3. The molecule has 140 valence electrons. The number of carbonyl (C=O) groups excluding carboxylic acids is 2. The Morgan fingerprint density at radius 2 is 1.82 bits per heavy atom. The van der Waals surface area contributed by atoms with Gasteiger partial charge >= 0.3 is 0 Å². The number of nitrogens with zero attached hydrogens (tertiary/aromatic N) is 2. The second-order valence-electron chi connectivity index (χ2n) is 6.60. The lowest BCUT2D eigenvalue weighted by Crippen LogP contribution is -2.22. The number of ketones is 1. The smallest absolute Gasteiger partial charge is 0.258 e. The van der Waals surface area contributed by atoms with Crippen LogP contribution < -0.4 is 5.32 Å². The lowest BCUT2D eigenvalue weighted by Gasteiger charge is -2.23. The third-order valence-electron chi connectivity index (χ3n) is 4.69. The largest absolute Gasteiger partial charge is 0.294 e. The van der Waals surface area contributed by atoms with Crippen molar-refractivity contribution in [2.45, 2.75) is 18.8 Å². The van der Waals surface area contributed by atoms with E-state index in [4.69, 9.17) is 0 Å². The topological polar surface area (TPSA) is 72.0 Å². The molecule has 1 aliphatic carbocycles. The molecule has 3 aromatic rings. The van der Waals surface area contributed by atoms with Crippen molar-refractivity contribution in [3.8, 4) is 0 Å². The van der Waals surface area contributed by atoms with Gasteiger partial charge in [-0.25, -0.2) is 18.7 Å². The van der Waals surface area contributed by atoms with Crippen LogP contribution in [0.5, 0.6) is 0 Å². The highest BCUT2D eigenvalue weighted by molar-refractivity contribution is 6.03. The second-order valence-corrected chi connectivity index (χ2v) is 6.60. The number of amides is 1. The van der Waals surface area contributed by atoms with E-state index < -0.39 is 11.7 Å². The highest BCUT2D eigenvalue weighted by Gasteiger charge is 2.28. The first-order valence-corrected chi connectivity index (χ1v) is 8.71. The van der Waals surface area contributed by atoms with Gasteiger partial charge in [-0.05, 0) is 48.2 Å². The summed E-state index contributed by atoms with van der Waals surface area (Å²) in [7, 11) is 0. The van der Waals surface area contributed by atoms with Crippen molar-refractivity contribution in [2.75, 3.05) is 5.32 Å². The average Bonchev–Trinajstić information content (AvgIpc) is 2.68. The molecule has 0 unspecified atom stereocenters. The summed E-state index contributed by atoms with van der Waals surface area (Å²) in [5.74, 6) is -1.58. The van der Waals surface area contributed by atoms with Crippen molar-refractivity contribution in [1.29, 1.82) is 0 Å². The first-order chi connectivity index (χ1) is 13.5. The van der Waals surface area contributed by atoms with Crippen molar-refractivity contribution in [3.05, 3.63) is 88.7 Å². The van der Waals surface area contributed by atoms with Gasteiger partial charge in [-0.3, -0.25) is 14.9 Å². The predicted octanol–water partition coefficient (Wildman–Crippen LogP) is 3.92. The van der Waals surface area contributed by atoms with Gasteiger partial charge in [-0.15, -0.1) is 0 Å². The molecule has 0 aliphatic heterocycles. The number of Topliss-reactive ketones (excluding diaryl/α,β-unsaturated/α-hetero) is 1. The minimum absolute atomic E-state index is 0.0422. The van der Waals surface area contributed by atoms with Crippen LogP contribution in [0.3, 0.4) is 0 Å². The number of fused-ring (bicyclic) bond motifs is 1. The molecule has 0 bridgehead atoms. The molecule has 2 aromatic carbocycles. The maximum atomic E-state index is 13.3. The Hall–Kier alpha value is -3.48. The lowest BCUT2D eigenvalue weighted by molar-refractivity contribution is 0.0962. The zero-order chi connectivity index (χ0) is 19.7. The first-order valence-electron chi connectivity index (χ1n) is 8.71. The van der Waals surface area contributed by atoms with Crippen LogP contribution in [0.2, 0.25) is 0 Å². The first kappa shape index (κ1) is 17.9. The summed E-state index contributed by atoms with van der Waals surface area (Å²) < 4.78 is 26.4. The monoisotopic (exact) mass is 379 g/mol. The SMILES string of the molecule is O=C(Nc1ncc2c(n1)C[C@@H](c1ccc(F)cc1)CC2=O)c1cccc(F)c1. The molecular weight excluding hydrogens is 364 g/mol. The summed E-state index contributed by atoms with van der Waals surface area (Å²) in [4.78, 5) is 33.0. The van der Waals surface area contributed by atoms with Crippen molar-refractivity contribution >= 4 is 17.6 Å². The second kappa shape index (κ2) is 7.26. The summed E-state index contributed by atoms with van der Waals surface area (Å²) in [6.07, 6.45) is 2.15. The Labute approximate surface area is 159 Å². The molecule has 0 saturated heterocycles. The van der Waals surface area contributed by atoms with E-state index >= 15 is 0 Å². The zero-order valence-electron chi connectivity index (χ0n) is 14.7. The summed E-state index contributed by atoms with van der Waals surface area (Å²) in [6.45, 7) is 0. The summed E-state index contributed by atoms with van der Waals surface area (Å²) in [5, 5.41) is 2.52. The Bertz CT molecular complexity index is 1070.